The Morgan fingerprint density at radius 3 is 2.09 bits per heavy atom. The predicted octanol–water partition coefficient (Wildman–Crippen LogP) is 3.64. The number of hydrogen-bond acceptors (Lipinski definition) is 4. The Bertz CT molecular complexity index is 814. The van der Waals surface area contributed by atoms with Gasteiger partial charge in [0.05, 0.1) is 23.1 Å². The monoisotopic (exact) mass is 466 g/mol. The first kappa shape index (κ1) is 24.0. The molecule has 6 nitrogen and oxygen atoms in total. The summed E-state index contributed by atoms with van der Waals surface area (Å²) in [7, 11) is -3.00. The zero-order valence-electron chi connectivity index (χ0n) is 20.3. The van der Waals surface area contributed by atoms with Crippen molar-refractivity contribution >= 4 is 21.7 Å². The van der Waals surface area contributed by atoms with E-state index in [4.69, 9.17) is 0 Å². The van der Waals surface area contributed by atoms with Gasteiger partial charge in [-0.3, -0.25) is 9.59 Å². The van der Waals surface area contributed by atoms with Crippen LogP contribution in [0.4, 0.5) is 0 Å². The van der Waals surface area contributed by atoms with Crippen molar-refractivity contribution in [2.24, 2.45) is 23.7 Å². The molecule has 32 heavy (non-hydrogen) atoms. The SMILES string of the molecule is CC(=O)N1C2CCC(C3CCC(S(=O)(=O)CC(C)C)CC3)CC2N(C(=O)C2CC2)C[C@@H]1C. The van der Waals surface area contributed by atoms with Gasteiger partial charge in [-0.1, -0.05) is 13.8 Å². The smallest absolute Gasteiger partial charge is 0.226 e. The molecular formula is C25H42N2O4S. The molecule has 4 rings (SSSR count). The van der Waals surface area contributed by atoms with Crippen LogP contribution in [0.15, 0.2) is 0 Å². The van der Waals surface area contributed by atoms with Crippen molar-refractivity contribution in [3.8, 4) is 0 Å². The summed E-state index contributed by atoms with van der Waals surface area (Å²) in [6.45, 7) is 8.35. The molecule has 2 amide bonds. The van der Waals surface area contributed by atoms with Crippen LogP contribution in [0.1, 0.15) is 85.5 Å². The highest BCUT2D eigenvalue weighted by molar-refractivity contribution is 7.92. The van der Waals surface area contributed by atoms with E-state index in [1.165, 1.54) is 0 Å². The van der Waals surface area contributed by atoms with Gasteiger partial charge in [0.15, 0.2) is 9.84 Å². The topological polar surface area (TPSA) is 74.8 Å². The summed E-state index contributed by atoms with van der Waals surface area (Å²) < 4.78 is 25.4. The Kier molecular flexibility index (Phi) is 6.96. The molecule has 3 aliphatic carbocycles. The van der Waals surface area contributed by atoms with Crippen molar-refractivity contribution in [3.63, 3.8) is 0 Å². The van der Waals surface area contributed by atoms with E-state index in [-0.39, 0.29) is 41.1 Å². The average Bonchev–Trinajstić information content (AvgIpc) is 3.56. The van der Waals surface area contributed by atoms with Gasteiger partial charge < -0.3 is 9.80 Å². The third kappa shape index (κ3) is 4.88. The molecule has 1 heterocycles. The number of rotatable bonds is 5. The molecule has 3 saturated carbocycles. The highest BCUT2D eigenvalue weighted by Gasteiger charge is 2.49. The second-order valence-corrected chi connectivity index (χ2v) is 13.8. The van der Waals surface area contributed by atoms with Crippen LogP contribution in [0.2, 0.25) is 0 Å². The summed E-state index contributed by atoms with van der Waals surface area (Å²) in [5.74, 6) is 2.19. The highest BCUT2D eigenvalue weighted by atomic mass is 32.2. The van der Waals surface area contributed by atoms with Gasteiger partial charge in [0, 0.05) is 25.4 Å². The minimum absolute atomic E-state index is 0.0783. The van der Waals surface area contributed by atoms with E-state index in [2.05, 4.69) is 11.8 Å². The number of nitrogens with zero attached hydrogens (tertiary/aromatic N) is 2. The summed E-state index contributed by atoms with van der Waals surface area (Å²) in [4.78, 5) is 29.7. The third-order valence-electron chi connectivity index (χ3n) is 8.55. The Labute approximate surface area is 194 Å². The van der Waals surface area contributed by atoms with E-state index in [9.17, 15) is 18.0 Å². The van der Waals surface area contributed by atoms with Gasteiger partial charge in [0.25, 0.3) is 0 Å². The zero-order chi connectivity index (χ0) is 23.2. The lowest BCUT2D eigenvalue weighted by atomic mass is 9.69. The number of sulfone groups is 1. The molecule has 0 spiro atoms. The predicted molar refractivity (Wildman–Crippen MR) is 126 cm³/mol. The van der Waals surface area contributed by atoms with Gasteiger partial charge in [-0.2, -0.15) is 0 Å². The maximum Gasteiger partial charge on any atom is 0.226 e. The van der Waals surface area contributed by atoms with Crippen LogP contribution in [0.3, 0.4) is 0 Å². The van der Waals surface area contributed by atoms with Gasteiger partial charge in [0.2, 0.25) is 11.8 Å². The molecule has 1 aliphatic heterocycles. The first-order valence-electron chi connectivity index (χ1n) is 12.9. The fraction of sp³-hybridized carbons (Fsp3) is 0.920. The number of carbonyl (C=O) groups excluding carboxylic acids is 2. The molecule has 3 unspecified atom stereocenters. The van der Waals surface area contributed by atoms with E-state index >= 15 is 0 Å². The van der Waals surface area contributed by atoms with Crippen molar-refractivity contribution in [3.05, 3.63) is 0 Å². The van der Waals surface area contributed by atoms with Crippen molar-refractivity contribution in [1.82, 2.24) is 9.80 Å². The normalized spacial score (nSPS) is 36.2. The molecule has 7 heteroatoms. The Morgan fingerprint density at radius 1 is 0.906 bits per heavy atom. The summed E-state index contributed by atoms with van der Waals surface area (Å²) in [5.41, 5.74) is 0. The molecule has 0 N–H and O–H groups in total. The fourth-order valence-electron chi connectivity index (χ4n) is 6.97. The second-order valence-electron chi connectivity index (χ2n) is 11.5. The fourth-order valence-corrected chi connectivity index (χ4v) is 9.16. The van der Waals surface area contributed by atoms with Crippen LogP contribution >= 0.6 is 0 Å². The molecule has 4 fully saturated rings. The third-order valence-corrected chi connectivity index (χ3v) is 11.2. The average molecular weight is 467 g/mol. The van der Waals surface area contributed by atoms with Crippen molar-refractivity contribution in [2.75, 3.05) is 12.3 Å². The highest BCUT2D eigenvalue weighted by Crippen LogP contribution is 2.45. The zero-order valence-corrected chi connectivity index (χ0v) is 21.1. The largest absolute Gasteiger partial charge is 0.335 e. The molecule has 182 valence electrons. The molecule has 1 saturated heterocycles. The number of carbonyl (C=O) groups is 2. The van der Waals surface area contributed by atoms with Crippen LogP contribution in [0, 0.1) is 23.7 Å². The molecule has 0 radical (unpaired) electrons. The van der Waals surface area contributed by atoms with E-state index < -0.39 is 9.84 Å². The summed E-state index contributed by atoms with van der Waals surface area (Å²) >= 11 is 0. The molecular weight excluding hydrogens is 424 g/mol. The number of hydrogen-bond donors (Lipinski definition) is 0. The van der Waals surface area contributed by atoms with E-state index in [1.54, 1.807) is 6.92 Å². The lowest BCUT2D eigenvalue weighted by Gasteiger charge is -2.55. The lowest BCUT2D eigenvalue weighted by molar-refractivity contribution is -0.155. The van der Waals surface area contributed by atoms with E-state index in [1.807, 2.05) is 18.7 Å². The lowest BCUT2D eigenvalue weighted by Crippen LogP contribution is -2.67. The van der Waals surface area contributed by atoms with Crippen molar-refractivity contribution < 1.29 is 18.0 Å². The molecule has 0 aromatic carbocycles. The molecule has 4 aliphatic rings. The summed E-state index contributed by atoms with van der Waals surface area (Å²) in [5, 5.41) is -0.172. The van der Waals surface area contributed by atoms with Gasteiger partial charge in [0.1, 0.15) is 0 Å². The van der Waals surface area contributed by atoms with Crippen LogP contribution in [-0.2, 0) is 19.4 Å². The Morgan fingerprint density at radius 2 is 1.53 bits per heavy atom. The molecule has 0 aromatic heterocycles. The number of piperazine rings is 1. The van der Waals surface area contributed by atoms with Crippen LogP contribution in [-0.4, -0.2) is 65.7 Å². The van der Waals surface area contributed by atoms with Crippen LogP contribution in [0.25, 0.3) is 0 Å². The van der Waals surface area contributed by atoms with Gasteiger partial charge in [-0.05, 0) is 82.5 Å². The molecule has 4 atom stereocenters. The van der Waals surface area contributed by atoms with Crippen molar-refractivity contribution in [1.29, 1.82) is 0 Å². The minimum Gasteiger partial charge on any atom is -0.335 e. The summed E-state index contributed by atoms with van der Waals surface area (Å²) in [6, 6.07) is 0.344. The maximum atomic E-state index is 13.1. The minimum atomic E-state index is -3.00. The van der Waals surface area contributed by atoms with Gasteiger partial charge in [-0.25, -0.2) is 8.42 Å². The van der Waals surface area contributed by atoms with Gasteiger partial charge in [-0.15, -0.1) is 0 Å². The Balaban J connectivity index is 1.44. The first-order valence-corrected chi connectivity index (χ1v) is 14.6. The summed E-state index contributed by atoms with van der Waals surface area (Å²) in [6.07, 6.45) is 8.55. The standard InChI is InChI=1S/C25H42N2O4S/c1-16(2)15-32(30,31)22-10-7-19(8-11-22)21-9-12-23-24(13-21)26(25(29)20-5-6-20)14-17(3)27(23)18(4)28/h16-17,19-24H,5-15H2,1-4H3/t17-,19?,21?,22?,23?,24?/m0/s1. The maximum absolute atomic E-state index is 13.1. The van der Waals surface area contributed by atoms with Crippen LogP contribution in [0.5, 0.6) is 0 Å². The van der Waals surface area contributed by atoms with Crippen molar-refractivity contribution in [2.45, 2.75) is 109 Å². The van der Waals surface area contributed by atoms with Gasteiger partial charge >= 0.3 is 0 Å². The number of amides is 2. The van der Waals surface area contributed by atoms with E-state index in [0.717, 1.165) is 57.8 Å². The Hall–Kier alpha value is -1.11. The molecule has 0 aromatic rings. The first-order chi connectivity index (χ1) is 15.1. The van der Waals surface area contributed by atoms with Crippen LogP contribution < -0.4 is 0 Å². The second kappa shape index (κ2) is 9.27. The number of fused-ring (bicyclic) bond motifs is 1. The van der Waals surface area contributed by atoms with E-state index in [0.29, 0.717) is 30.0 Å². The quantitative estimate of drug-likeness (QED) is 0.620. The molecule has 0 bridgehead atoms.